The summed E-state index contributed by atoms with van der Waals surface area (Å²) >= 11 is 6.07. The monoisotopic (exact) mass is 352 g/mol. The first-order chi connectivity index (χ1) is 10.7. The van der Waals surface area contributed by atoms with Crippen LogP contribution in [0.5, 0.6) is 0 Å². The lowest BCUT2D eigenvalue weighted by atomic mass is 10.2. The quantitative estimate of drug-likeness (QED) is 0.898. The maximum atomic E-state index is 12.9. The van der Waals surface area contributed by atoms with Gasteiger partial charge >= 0.3 is 0 Å². The van der Waals surface area contributed by atoms with Crippen molar-refractivity contribution in [1.29, 1.82) is 0 Å². The molecule has 0 saturated carbocycles. The largest absolute Gasteiger partial charge is 0.368 e. The van der Waals surface area contributed by atoms with Crippen molar-refractivity contribution in [2.45, 2.75) is 18.7 Å². The predicted molar refractivity (Wildman–Crippen MR) is 91.1 cm³/mol. The zero-order valence-corrected chi connectivity index (χ0v) is 14.4. The van der Waals surface area contributed by atoms with Crippen molar-refractivity contribution >= 4 is 33.2 Å². The summed E-state index contributed by atoms with van der Waals surface area (Å²) in [6.45, 7) is 3.09. The number of hydrogen-bond acceptors (Lipinski definition) is 3. The van der Waals surface area contributed by atoms with E-state index in [1.165, 1.54) is 12.1 Å². The average molecular weight is 353 g/mol. The molecule has 0 radical (unpaired) electrons. The average Bonchev–Trinajstić information content (AvgIpc) is 2.48. The molecule has 2 rings (SSSR count). The molecule has 0 aliphatic rings. The maximum Gasteiger partial charge on any atom is 0.264 e. The number of carbonyl (C=O) groups is 1. The summed E-state index contributed by atoms with van der Waals surface area (Å²) in [5.41, 5.74) is 7.07. The SMILES string of the molecule is Cc1ccc(S(=O)(=O)N(CC(N)=O)c2cccc(Cl)c2C)cc1. The van der Waals surface area contributed by atoms with E-state index >= 15 is 0 Å². The molecule has 0 unspecified atom stereocenters. The van der Waals surface area contributed by atoms with Gasteiger partial charge in [-0.1, -0.05) is 35.4 Å². The van der Waals surface area contributed by atoms with E-state index in [1.807, 2.05) is 6.92 Å². The van der Waals surface area contributed by atoms with E-state index in [-0.39, 0.29) is 4.90 Å². The third-order valence-electron chi connectivity index (χ3n) is 3.42. The number of primary amides is 1. The highest BCUT2D eigenvalue weighted by molar-refractivity contribution is 7.92. The highest BCUT2D eigenvalue weighted by atomic mass is 35.5. The van der Waals surface area contributed by atoms with E-state index in [2.05, 4.69) is 0 Å². The molecule has 5 nitrogen and oxygen atoms in total. The lowest BCUT2D eigenvalue weighted by Gasteiger charge is -2.25. The topological polar surface area (TPSA) is 80.5 Å². The maximum absolute atomic E-state index is 12.9. The van der Waals surface area contributed by atoms with Crippen LogP contribution in [-0.4, -0.2) is 20.9 Å². The van der Waals surface area contributed by atoms with E-state index in [1.54, 1.807) is 37.3 Å². The van der Waals surface area contributed by atoms with Gasteiger partial charge in [0.2, 0.25) is 5.91 Å². The second-order valence-electron chi connectivity index (χ2n) is 5.18. The zero-order chi connectivity index (χ0) is 17.2. The van der Waals surface area contributed by atoms with Gasteiger partial charge in [-0.3, -0.25) is 9.10 Å². The fourth-order valence-corrected chi connectivity index (χ4v) is 3.80. The molecule has 0 aliphatic heterocycles. The van der Waals surface area contributed by atoms with Crippen LogP contribution >= 0.6 is 11.6 Å². The van der Waals surface area contributed by atoms with Crippen molar-refractivity contribution < 1.29 is 13.2 Å². The van der Waals surface area contributed by atoms with Crippen molar-refractivity contribution in [2.24, 2.45) is 5.73 Å². The van der Waals surface area contributed by atoms with Crippen LogP contribution in [0.15, 0.2) is 47.4 Å². The number of benzene rings is 2. The van der Waals surface area contributed by atoms with Gasteiger partial charge in [-0.15, -0.1) is 0 Å². The lowest BCUT2D eigenvalue weighted by molar-refractivity contribution is -0.116. The molecule has 7 heteroatoms. The number of carbonyl (C=O) groups excluding carboxylic acids is 1. The van der Waals surface area contributed by atoms with Gasteiger partial charge in [-0.05, 0) is 43.7 Å². The Morgan fingerprint density at radius 2 is 1.74 bits per heavy atom. The second-order valence-corrected chi connectivity index (χ2v) is 7.44. The smallest absolute Gasteiger partial charge is 0.264 e. The lowest BCUT2D eigenvalue weighted by Crippen LogP contribution is -2.39. The summed E-state index contributed by atoms with van der Waals surface area (Å²) in [5, 5.41) is 0.413. The number of anilines is 1. The Labute approximate surface area is 140 Å². The van der Waals surface area contributed by atoms with E-state index in [0.717, 1.165) is 9.87 Å². The molecule has 0 fully saturated rings. The van der Waals surface area contributed by atoms with Gasteiger partial charge in [0.25, 0.3) is 10.0 Å². The summed E-state index contributed by atoms with van der Waals surface area (Å²) in [5.74, 6) is -0.750. The molecule has 2 aromatic carbocycles. The minimum absolute atomic E-state index is 0.0868. The number of nitrogens with two attached hydrogens (primary N) is 1. The van der Waals surface area contributed by atoms with E-state index < -0.39 is 22.5 Å². The summed E-state index contributed by atoms with van der Waals surface area (Å²) in [4.78, 5) is 11.5. The Morgan fingerprint density at radius 1 is 1.13 bits per heavy atom. The third-order valence-corrected chi connectivity index (χ3v) is 5.60. The van der Waals surface area contributed by atoms with Crippen LogP contribution in [0.4, 0.5) is 5.69 Å². The fraction of sp³-hybridized carbons (Fsp3) is 0.188. The van der Waals surface area contributed by atoms with Crippen LogP contribution in [-0.2, 0) is 14.8 Å². The summed E-state index contributed by atoms with van der Waals surface area (Å²) in [6.07, 6.45) is 0. The molecule has 0 aliphatic carbocycles. The molecule has 1 amide bonds. The zero-order valence-electron chi connectivity index (χ0n) is 12.8. The summed E-state index contributed by atoms with van der Waals surface area (Å²) in [6, 6.07) is 11.3. The summed E-state index contributed by atoms with van der Waals surface area (Å²) in [7, 11) is -3.93. The Morgan fingerprint density at radius 3 is 2.30 bits per heavy atom. The normalized spacial score (nSPS) is 11.3. The standard InChI is InChI=1S/C16H17ClN2O3S/c1-11-6-8-13(9-7-11)23(21,22)19(10-16(18)20)15-5-3-4-14(17)12(15)2/h3-9H,10H2,1-2H3,(H2,18,20). The Hall–Kier alpha value is -2.05. The number of nitrogens with zero attached hydrogens (tertiary/aromatic N) is 1. The number of hydrogen-bond donors (Lipinski definition) is 1. The highest BCUT2D eigenvalue weighted by Gasteiger charge is 2.27. The van der Waals surface area contributed by atoms with Crippen LogP contribution in [0.2, 0.25) is 5.02 Å². The molecule has 23 heavy (non-hydrogen) atoms. The molecule has 0 bridgehead atoms. The van der Waals surface area contributed by atoms with E-state index in [9.17, 15) is 13.2 Å². The number of halogens is 1. The predicted octanol–water partition coefficient (Wildman–Crippen LogP) is 2.64. The minimum Gasteiger partial charge on any atom is -0.368 e. The van der Waals surface area contributed by atoms with Crippen LogP contribution in [0.25, 0.3) is 0 Å². The molecule has 122 valence electrons. The molecular formula is C16H17ClN2O3S. The first kappa shape index (κ1) is 17.3. The van der Waals surface area contributed by atoms with E-state index in [4.69, 9.17) is 17.3 Å². The van der Waals surface area contributed by atoms with Gasteiger partial charge in [0, 0.05) is 5.02 Å². The number of aryl methyl sites for hydroxylation is 1. The Bertz CT molecular complexity index is 833. The first-order valence-corrected chi connectivity index (χ1v) is 8.68. The molecule has 0 aromatic heterocycles. The van der Waals surface area contributed by atoms with Crippen LogP contribution in [0, 0.1) is 13.8 Å². The molecule has 0 saturated heterocycles. The van der Waals surface area contributed by atoms with Crippen molar-refractivity contribution in [3.05, 3.63) is 58.6 Å². The van der Waals surface area contributed by atoms with Crippen LogP contribution in [0.3, 0.4) is 0 Å². The first-order valence-electron chi connectivity index (χ1n) is 6.86. The van der Waals surface area contributed by atoms with Gasteiger partial charge in [-0.25, -0.2) is 8.42 Å². The van der Waals surface area contributed by atoms with Crippen molar-refractivity contribution in [1.82, 2.24) is 0 Å². The third kappa shape index (κ3) is 3.65. The van der Waals surface area contributed by atoms with Crippen LogP contribution in [0.1, 0.15) is 11.1 Å². The molecule has 2 aromatic rings. The molecular weight excluding hydrogens is 336 g/mol. The van der Waals surface area contributed by atoms with Gasteiger partial charge in [0.15, 0.2) is 0 Å². The Kier molecular flexibility index (Phi) is 4.97. The minimum atomic E-state index is -3.93. The second kappa shape index (κ2) is 6.60. The van der Waals surface area contributed by atoms with Gasteiger partial charge < -0.3 is 5.73 Å². The molecule has 0 spiro atoms. The van der Waals surface area contributed by atoms with Gasteiger partial charge in [-0.2, -0.15) is 0 Å². The molecule has 0 atom stereocenters. The van der Waals surface area contributed by atoms with Crippen molar-refractivity contribution in [3.63, 3.8) is 0 Å². The van der Waals surface area contributed by atoms with E-state index in [0.29, 0.717) is 16.3 Å². The fourth-order valence-electron chi connectivity index (χ4n) is 2.14. The van der Waals surface area contributed by atoms with Crippen LogP contribution < -0.4 is 10.0 Å². The van der Waals surface area contributed by atoms with Gasteiger partial charge in [0.05, 0.1) is 10.6 Å². The molecule has 0 heterocycles. The summed E-state index contributed by atoms with van der Waals surface area (Å²) < 4.78 is 26.8. The van der Waals surface area contributed by atoms with Crippen molar-refractivity contribution in [3.8, 4) is 0 Å². The molecule has 2 N–H and O–H groups in total. The highest BCUT2D eigenvalue weighted by Crippen LogP contribution is 2.30. The number of rotatable bonds is 5. The number of sulfonamides is 1. The Balaban J connectivity index is 2.60. The van der Waals surface area contributed by atoms with Gasteiger partial charge in [0.1, 0.15) is 6.54 Å². The number of amides is 1. The van der Waals surface area contributed by atoms with Crippen molar-refractivity contribution in [2.75, 3.05) is 10.8 Å².